The van der Waals surface area contributed by atoms with Gasteiger partial charge in [-0.05, 0) is 57.4 Å². The number of aromatic nitrogens is 2. The Kier molecular flexibility index (Phi) is 9.26. The van der Waals surface area contributed by atoms with Gasteiger partial charge in [0.25, 0.3) is 0 Å². The molecular weight excluding hydrogens is 543 g/mol. The molecule has 1 fully saturated rings. The molecule has 1 atom stereocenters. The van der Waals surface area contributed by atoms with Gasteiger partial charge in [-0.3, -0.25) is 4.68 Å². The first-order valence-corrected chi connectivity index (χ1v) is 10.8. The SMILES string of the molecule is CCNC(=NCc1c(C)nn(C)c1C)NCC1CCN(c2ccc(Br)cc2)C1.I. The van der Waals surface area contributed by atoms with E-state index in [1.165, 1.54) is 23.4 Å². The Bertz CT molecular complexity index is 817. The molecular formula is C21H32BrIN6. The van der Waals surface area contributed by atoms with E-state index in [2.05, 4.69) is 74.7 Å². The highest BCUT2D eigenvalue weighted by Gasteiger charge is 2.22. The Balaban J connectivity index is 0.00000300. The number of guanidine groups is 1. The predicted octanol–water partition coefficient (Wildman–Crippen LogP) is 4.00. The fourth-order valence-corrected chi connectivity index (χ4v) is 3.94. The van der Waals surface area contributed by atoms with Crippen molar-refractivity contribution in [1.82, 2.24) is 20.4 Å². The fourth-order valence-electron chi connectivity index (χ4n) is 3.67. The van der Waals surface area contributed by atoms with Crippen molar-refractivity contribution in [1.29, 1.82) is 0 Å². The molecule has 6 nitrogen and oxygen atoms in total. The molecule has 0 aliphatic carbocycles. The average Bonchev–Trinajstić information content (AvgIpc) is 3.24. The lowest BCUT2D eigenvalue weighted by Crippen LogP contribution is -2.40. The monoisotopic (exact) mass is 574 g/mol. The molecule has 0 radical (unpaired) electrons. The molecule has 0 spiro atoms. The van der Waals surface area contributed by atoms with Crippen molar-refractivity contribution in [3.05, 3.63) is 45.7 Å². The number of nitrogens with zero attached hydrogens (tertiary/aromatic N) is 4. The zero-order valence-corrected chi connectivity index (χ0v) is 21.6. The van der Waals surface area contributed by atoms with Crippen LogP contribution in [-0.4, -0.2) is 41.9 Å². The number of anilines is 1. The Morgan fingerprint density at radius 2 is 1.97 bits per heavy atom. The summed E-state index contributed by atoms with van der Waals surface area (Å²) in [7, 11) is 1.98. The summed E-state index contributed by atoms with van der Waals surface area (Å²) in [4.78, 5) is 7.25. The van der Waals surface area contributed by atoms with E-state index >= 15 is 0 Å². The lowest BCUT2D eigenvalue weighted by Gasteiger charge is -2.19. The zero-order valence-electron chi connectivity index (χ0n) is 17.7. The van der Waals surface area contributed by atoms with Crippen LogP contribution in [0, 0.1) is 19.8 Å². The molecule has 1 aromatic carbocycles. The molecule has 0 saturated carbocycles. The van der Waals surface area contributed by atoms with E-state index < -0.39 is 0 Å². The summed E-state index contributed by atoms with van der Waals surface area (Å²) in [6, 6.07) is 8.59. The topological polar surface area (TPSA) is 57.5 Å². The first-order valence-electron chi connectivity index (χ1n) is 9.99. The summed E-state index contributed by atoms with van der Waals surface area (Å²) in [6.07, 6.45) is 1.20. The second-order valence-corrected chi connectivity index (χ2v) is 8.34. The van der Waals surface area contributed by atoms with Crippen LogP contribution in [0.25, 0.3) is 0 Å². The molecule has 1 aromatic heterocycles. The number of aryl methyl sites for hydroxylation is 2. The van der Waals surface area contributed by atoms with Crippen LogP contribution in [0.2, 0.25) is 0 Å². The van der Waals surface area contributed by atoms with E-state index in [-0.39, 0.29) is 24.0 Å². The molecule has 0 amide bonds. The summed E-state index contributed by atoms with van der Waals surface area (Å²) in [5, 5.41) is 11.4. The number of aliphatic imine (C=N–C) groups is 1. The highest BCUT2D eigenvalue weighted by Crippen LogP contribution is 2.25. The molecule has 2 aromatic rings. The first-order chi connectivity index (χ1) is 13.5. The smallest absolute Gasteiger partial charge is 0.191 e. The molecule has 2 heterocycles. The van der Waals surface area contributed by atoms with Crippen LogP contribution in [-0.2, 0) is 13.6 Å². The van der Waals surface area contributed by atoms with Gasteiger partial charge in [-0.15, -0.1) is 24.0 Å². The normalized spacial score (nSPS) is 16.7. The number of halogens is 2. The second-order valence-electron chi connectivity index (χ2n) is 7.43. The summed E-state index contributed by atoms with van der Waals surface area (Å²) >= 11 is 3.51. The molecule has 3 rings (SSSR count). The van der Waals surface area contributed by atoms with Crippen molar-refractivity contribution >= 4 is 51.6 Å². The minimum Gasteiger partial charge on any atom is -0.371 e. The largest absolute Gasteiger partial charge is 0.371 e. The van der Waals surface area contributed by atoms with Crippen molar-refractivity contribution in [2.75, 3.05) is 31.1 Å². The van der Waals surface area contributed by atoms with E-state index in [0.29, 0.717) is 12.5 Å². The maximum atomic E-state index is 4.79. The Hall–Kier alpha value is -1.29. The van der Waals surface area contributed by atoms with E-state index in [9.17, 15) is 0 Å². The standard InChI is InChI=1S/C21H31BrN6.HI/c1-5-23-21(25-13-20-15(2)26-27(4)16(20)3)24-12-17-10-11-28(14-17)19-8-6-18(22)7-9-19;/h6-9,17H,5,10-14H2,1-4H3,(H2,23,24,25);1H. The first kappa shape index (κ1) is 24.0. The third-order valence-corrected chi connectivity index (χ3v) is 5.96. The molecule has 1 aliphatic rings. The van der Waals surface area contributed by atoms with Gasteiger partial charge in [0.1, 0.15) is 0 Å². The molecule has 1 unspecified atom stereocenters. The Morgan fingerprint density at radius 1 is 1.24 bits per heavy atom. The summed E-state index contributed by atoms with van der Waals surface area (Å²) in [6.45, 7) is 10.9. The number of benzene rings is 1. The third-order valence-electron chi connectivity index (χ3n) is 5.43. The fraction of sp³-hybridized carbons (Fsp3) is 0.524. The van der Waals surface area contributed by atoms with Crippen molar-refractivity contribution < 1.29 is 0 Å². The number of rotatable bonds is 6. The zero-order chi connectivity index (χ0) is 20.1. The molecule has 160 valence electrons. The summed E-state index contributed by atoms with van der Waals surface area (Å²) in [5.41, 5.74) is 4.74. The van der Waals surface area contributed by atoms with Crippen LogP contribution in [0.4, 0.5) is 5.69 Å². The van der Waals surface area contributed by atoms with Crippen molar-refractivity contribution in [3.63, 3.8) is 0 Å². The van der Waals surface area contributed by atoms with Gasteiger partial charge in [-0.25, -0.2) is 4.99 Å². The van der Waals surface area contributed by atoms with Gasteiger partial charge in [0.2, 0.25) is 0 Å². The van der Waals surface area contributed by atoms with Crippen LogP contribution in [0.3, 0.4) is 0 Å². The predicted molar refractivity (Wildman–Crippen MR) is 135 cm³/mol. The lowest BCUT2D eigenvalue weighted by atomic mass is 10.1. The third kappa shape index (κ3) is 6.34. The highest BCUT2D eigenvalue weighted by molar-refractivity contribution is 14.0. The minimum absolute atomic E-state index is 0. The van der Waals surface area contributed by atoms with E-state index in [0.717, 1.165) is 42.3 Å². The van der Waals surface area contributed by atoms with Crippen LogP contribution in [0.15, 0.2) is 33.7 Å². The van der Waals surface area contributed by atoms with Gasteiger partial charge >= 0.3 is 0 Å². The maximum absolute atomic E-state index is 4.79. The lowest BCUT2D eigenvalue weighted by molar-refractivity contribution is 0.566. The number of nitrogens with one attached hydrogen (secondary N) is 2. The Morgan fingerprint density at radius 3 is 2.59 bits per heavy atom. The van der Waals surface area contributed by atoms with Crippen LogP contribution >= 0.6 is 39.9 Å². The van der Waals surface area contributed by atoms with Crippen LogP contribution in [0.5, 0.6) is 0 Å². The number of hydrogen-bond acceptors (Lipinski definition) is 3. The van der Waals surface area contributed by atoms with Crippen molar-refractivity contribution in [2.24, 2.45) is 18.0 Å². The average molecular weight is 575 g/mol. The molecule has 8 heteroatoms. The van der Waals surface area contributed by atoms with Crippen molar-refractivity contribution in [2.45, 2.75) is 33.7 Å². The van der Waals surface area contributed by atoms with Gasteiger partial charge in [0.05, 0.1) is 12.2 Å². The molecule has 0 bridgehead atoms. The van der Waals surface area contributed by atoms with Crippen molar-refractivity contribution in [3.8, 4) is 0 Å². The highest BCUT2D eigenvalue weighted by atomic mass is 127. The molecule has 1 saturated heterocycles. The molecule has 2 N–H and O–H groups in total. The maximum Gasteiger partial charge on any atom is 0.191 e. The van der Waals surface area contributed by atoms with E-state index in [4.69, 9.17) is 4.99 Å². The van der Waals surface area contributed by atoms with E-state index in [1.807, 2.05) is 18.7 Å². The van der Waals surface area contributed by atoms with Gasteiger partial charge < -0.3 is 15.5 Å². The van der Waals surface area contributed by atoms with Crippen LogP contribution in [0.1, 0.15) is 30.3 Å². The van der Waals surface area contributed by atoms with Crippen LogP contribution < -0.4 is 15.5 Å². The van der Waals surface area contributed by atoms with E-state index in [1.54, 1.807) is 0 Å². The quantitative estimate of drug-likeness (QED) is 0.311. The van der Waals surface area contributed by atoms with Gasteiger partial charge in [0.15, 0.2) is 5.96 Å². The molecule has 29 heavy (non-hydrogen) atoms. The van der Waals surface area contributed by atoms with Gasteiger partial charge in [0, 0.05) is 54.6 Å². The number of hydrogen-bond donors (Lipinski definition) is 2. The van der Waals surface area contributed by atoms with Gasteiger partial charge in [-0.1, -0.05) is 15.9 Å². The second kappa shape index (κ2) is 11.2. The molecule has 1 aliphatic heterocycles. The Labute approximate surface area is 199 Å². The summed E-state index contributed by atoms with van der Waals surface area (Å²) < 4.78 is 3.05. The van der Waals surface area contributed by atoms with Gasteiger partial charge in [-0.2, -0.15) is 5.10 Å². The summed E-state index contributed by atoms with van der Waals surface area (Å²) in [5.74, 6) is 1.50. The minimum atomic E-state index is 0.